The number of imidazole rings is 1. The molecule has 0 bridgehead atoms. The lowest BCUT2D eigenvalue weighted by molar-refractivity contribution is 0.153. The molecule has 1 aromatic heterocycles. The third-order valence-electron chi connectivity index (χ3n) is 3.83. The van der Waals surface area contributed by atoms with Crippen LogP contribution < -0.4 is 0 Å². The minimum Gasteiger partial charge on any atom is -0.385 e. The van der Waals surface area contributed by atoms with Gasteiger partial charge in [0.05, 0.1) is 17.6 Å². The number of aliphatic hydroxyl groups is 1. The van der Waals surface area contributed by atoms with Crippen molar-refractivity contribution in [3.8, 4) is 0 Å². The number of rotatable bonds is 5. The van der Waals surface area contributed by atoms with Gasteiger partial charge in [-0.25, -0.2) is 9.37 Å². The Morgan fingerprint density at radius 1 is 1.14 bits per heavy atom. The van der Waals surface area contributed by atoms with E-state index >= 15 is 0 Å². The van der Waals surface area contributed by atoms with Gasteiger partial charge < -0.3 is 9.67 Å². The smallest absolute Gasteiger partial charge is 0.139 e. The third kappa shape index (κ3) is 2.74. The summed E-state index contributed by atoms with van der Waals surface area (Å²) in [6.07, 6.45) is 0.870. The molecule has 0 unspecified atom stereocenters. The van der Waals surface area contributed by atoms with E-state index in [4.69, 9.17) is 0 Å². The van der Waals surface area contributed by atoms with Crippen molar-refractivity contribution in [2.24, 2.45) is 0 Å². The Balaban J connectivity index is 2.09. The van der Waals surface area contributed by atoms with Gasteiger partial charge in [0.1, 0.15) is 17.7 Å². The summed E-state index contributed by atoms with van der Waals surface area (Å²) in [5.41, 5.74) is 2.33. The van der Waals surface area contributed by atoms with Gasteiger partial charge in [-0.1, -0.05) is 43.7 Å². The van der Waals surface area contributed by atoms with Gasteiger partial charge in [-0.2, -0.15) is 0 Å². The Bertz CT molecular complexity index is 782. The highest BCUT2D eigenvalue weighted by atomic mass is 19.1. The fourth-order valence-corrected chi connectivity index (χ4v) is 2.71. The molecule has 22 heavy (non-hydrogen) atoms. The molecule has 0 saturated carbocycles. The number of para-hydroxylation sites is 2. The molecule has 114 valence electrons. The fourth-order valence-electron chi connectivity index (χ4n) is 2.71. The van der Waals surface area contributed by atoms with Crippen LogP contribution in [0.4, 0.5) is 4.39 Å². The van der Waals surface area contributed by atoms with Crippen molar-refractivity contribution in [3.63, 3.8) is 0 Å². The number of benzene rings is 2. The van der Waals surface area contributed by atoms with Crippen LogP contribution in [0.3, 0.4) is 0 Å². The van der Waals surface area contributed by atoms with Crippen LogP contribution in [0.15, 0.2) is 48.5 Å². The molecule has 1 atom stereocenters. The van der Waals surface area contributed by atoms with Crippen molar-refractivity contribution < 1.29 is 9.50 Å². The lowest BCUT2D eigenvalue weighted by Gasteiger charge is -2.14. The van der Waals surface area contributed by atoms with Crippen LogP contribution in [0.1, 0.15) is 37.3 Å². The van der Waals surface area contributed by atoms with Gasteiger partial charge in [0.2, 0.25) is 0 Å². The lowest BCUT2D eigenvalue weighted by Crippen LogP contribution is -2.10. The predicted molar refractivity (Wildman–Crippen MR) is 85.1 cm³/mol. The molecule has 0 amide bonds. The summed E-state index contributed by atoms with van der Waals surface area (Å²) in [4.78, 5) is 4.55. The summed E-state index contributed by atoms with van der Waals surface area (Å²) in [6, 6.07) is 14.4. The summed E-state index contributed by atoms with van der Waals surface area (Å²) >= 11 is 0. The first-order chi connectivity index (χ1) is 10.7. The fraction of sp³-hybridized carbons (Fsp3) is 0.278. The largest absolute Gasteiger partial charge is 0.385 e. The molecule has 0 radical (unpaired) electrons. The van der Waals surface area contributed by atoms with E-state index in [0.29, 0.717) is 24.4 Å². The van der Waals surface area contributed by atoms with Crippen molar-refractivity contribution in [3.05, 3.63) is 65.7 Å². The average Bonchev–Trinajstić information content (AvgIpc) is 2.89. The van der Waals surface area contributed by atoms with Crippen molar-refractivity contribution in [2.75, 3.05) is 0 Å². The quantitative estimate of drug-likeness (QED) is 0.771. The zero-order valence-corrected chi connectivity index (χ0v) is 12.5. The number of aromatic nitrogens is 2. The van der Waals surface area contributed by atoms with Crippen LogP contribution in [0, 0.1) is 5.82 Å². The van der Waals surface area contributed by atoms with Crippen LogP contribution >= 0.6 is 0 Å². The van der Waals surface area contributed by atoms with Gasteiger partial charge in [-0.05, 0) is 24.6 Å². The maximum atomic E-state index is 14.0. The molecule has 0 spiro atoms. The van der Waals surface area contributed by atoms with Gasteiger partial charge in [0.25, 0.3) is 0 Å². The maximum absolute atomic E-state index is 14.0. The molecule has 0 aliphatic carbocycles. The lowest BCUT2D eigenvalue weighted by atomic mass is 10.1. The SMILES string of the molecule is CCC[C@@H](O)c1nc2ccccc2n1Cc1ccccc1F. The van der Waals surface area contributed by atoms with Gasteiger partial charge in [-0.15, -0.1) is 0 Å². The first-order valence-electron chi connectivity index (χ1n) is 7.57. The topological polar surface area (TPSA) is 38.1 Å². The van der Waals surface area contributed by atoms with Gasteiger partial charge in [0.15, 0.2) is 0 Å². The molecular formula is C18H19FN2O. The molecule has 3 aromatic rings. The zero-order valence-electron chi connectivity index (χ0n) is 12.5. The van der Waals surface area contributed by atoms with E-state index in [1.165, 1.54) is 6.07 Å². The molecule has 4 heteroatoms. The molecule has 1 heterocycles. The van der Waals surface area contributed by atoms with Gasteiger partial charge >= 0.3 is 0 Å². The third-order valence-corrected chi connectivity index (χ3v) is 3.83. The Kier molecular flexibility index (Phi) is 4.20. The number of halogens is 1. The van der Waals surface area contributed by atoms with Crippen LogP contribution in [-0.4, -0.2) is 14.7 Å². The highest BCUT2D eigenvalue weighted by Crippen LogP contribution is 2.25. The van der Waals surface area contributed by atoms with E-state index in [1.54, 1.807) is 12.1 Å². The minimum atomic E-state index is -0.635. The summed E-state index contributed by atoms with van der Waals surface area (Å²) in [5.74, 6) is 0.363. The molecule has 3 rings (SSSR count). The highest BCUT2D eigenvalue weighted by molar-refractivity contribution is 5.76. The molecule has 0 aliphatic heterocycles. The molecular weight excluding hydrogens is 279 g/mol. The monoisotopic (exact) mass is 298 g/mol. The van der Waals surface area contributed by atoms with Gasteiger partial charge in [0, 0.05) is 5.56 Å². The standard InChI is InChI=1S/C18H19FN2O/c1-2-7-17(22)18-20-15-10-5-6-11-16(15)21(18)12-13-8-3-4-9-14(13)19/h3-6,8-11,17,22H,2,7,12H2,1H3/t17-/m1/s1. The number of hydrogen-bond donors (Lipinski definition) is 1. The van der Waals surface area contributed by atoms with Crippen LogP contribution in [0.5, 0.6) is 0 Å². The van der Waals surface area contributed by atoms with Crippen LogP contribution in [-0.2, 0) is 6.54 Å². The Labute approximate surface area is 129 Å². The van der Waals surface area contributed by atoms with E-state index in [-0.39, 0.29) is 5.82 Å². The van der Waals surface area contributed by atoms with Crippen molar-refractivity contribution in [1.29, 1.82) is 0 Å². The molecule has 3 nitrogen and oxygen atoms in total. The first-order valence-corrected chi connectivity index (χ1v) is 7.57. The van der Waals surface area contributed by atoms with Crippen molar-refractivity contribution >= 4 is 11.0 Å². The predicted octanol–water partition coefficient (Wildman–Crippen LogP) is 4.06. The molecule has 2 aromatic carbocycles. The number of aliphatic hydroxyl groups excluding tert-OH is 1. The molecule has 0 fully saturated rings. The normalized spacial score (nSPS) is 12.7. The van der Waals surface area contributed by atoms with Gasteiger partial charge in [-0.3, -0.25) is 0 Å². The van der Waals surface area contributed by atoms with Crippen LogP contribution in [0.25, 0.3) is 11.0 Å². The Morgan fingerprint density at radius 3 is 2.64 bits per heavy atom. The number of fused-ring (bicyclic) bond motifs is 1. The second kappa shape index (κ2) is 6.28. The van der Waals surface area contributed by atoms with E-state index in [0.717, 1.165) is 17.5 Å². The first kappa shape index (κ1) is 14.7. The summed E-state index contributed by atoms with van der Waals surface area (Å²) < 4.78 is 15.9. The van der Waals surface area contributed by atoms with Crippen molar-refractivity contribution in [1.82, 2.24) is 9.55 Å². The second-order valence-corrected chi connectivity index (χ2v) is 5.44. The van der Waals surface area contributed by atoms with E-state index in [1.807, 2.05) is 41.8 Å². The maximum Gasteiger partial charge on any atom is 0.139 e. The summed E-state index contributed by atoms with van der Waals surface area (Å²) in [7, 11) is 0. The second-order valence-electron chi connectivity index (χ2n) is 5.44. The molecule has 0 saturated heterocycles. The van der Waals surface area contributed by atoms with Crippen LogP contribution in [0.2, 0.25) is 0 Å². The van der Waals surface area contributed by atoms with E-state index < -0.39 is 6.10 Å². The van der Waals surface area contributed by atoms with Crippen molar-refractivity contribution in [2.45, 2.75) is 32.4 Å². The average molecular weight is 298 g/mol. The highest BCUT2D eigenvalue weighted by Gasteiger charge is 2.18. The zero-order chi connectivity index (χ0) is 15.5. The summed E-state index contributed by atoms with van der Waals surface area (Å²) in [5, 5.41) is 10.4. The summed E-state index contributed by atoms with van der Waals surface area (Å²) in [6.45, 7) is 2.39. The molecule has 0 aliphatic rings. The van der Waals surface area contributed by atoms with E-state index in [2.05, 4.69) is 4.98 Å². The Hall–Kier alpha value is -2.20. The molecule has 1 N–H and O–H groups in total. The van der Waals surface area contributed by atoms with E-state index in [9.17, 15) is 9.50 Å². The Morgan fingerprint density at radius 2 is 1.86 bits per heavy atom. The number of hydrogen-bond acceptors (Lipinski definition) is 2. The minimum absolute atomic E-state index is 0.240. The number of nitrogens with zero attached hydrogens (tertiary/aromatic N) is 2.